The molecule has 174 valence electrons. The van der Waals surface area contributed by atoms with Gasteiger partial charge in [-0.2, -0.15) is 17.5 Å². The van der Waals surface area contributed by atoms with Crippen molar-refractivity contribution in [1.82, 2.24) is 14.1 Å². The summed E-state index contributed by atoms with van der Waals surface area (Å²) in [6.45, 7) is 1.53. The van der Waals surface area contributed by atoms with Gasteiger partial charge in [0.1, 0.15) is 4.90 Å². The predicted molar refractivity (Wildman–Crippen MR) is 115 cm³/mol. The van der Waals surface area contributed by atoms with Gasteiger partial charge in [-0.1, -0.05) is 23.7 Å². The summed E-state index contributed by atoms with van der Waals surface area (Å²) in [6, 6.07) is 9.50. The Morgan fingerprint density at radius 3 is 2.31 bits per heavy atom. The van der Waals surface area contributed by atoms with Gasteiger partial charge >= 0.3 is 6.18 Å². The number of hydrogen-bond acceptors (Lipinski definition) is 4. The Labute approximate surface area is 190 Å². The Hall–Kier alpha value is -2.14. The Morgan fingerprint density at radius 1 is 1.06 bits per heavy atom. The number of hydrogen-bond donors (Lipinski definition) is 0. The minimum absolute atomic E-state index is 0.110. The summed E-state index contributed by atoms with van der Waals surface area (Å²) in [5, 5.41) is -0.247. The molecule has 2 aromatic carbocycles. The van der Waals surface area contributed by atoms with Gasteiger partial charge in [-0.25, -0.2) is 8.42 Å². The summed E-state index contributed by atoms with van der Waals surface area (Å²) in [5.74, 6) is -0.110. The van der Waals surface area contributed by atoms with E-state index in [1.165, 1.54) is 4.90 Å². The standard InChI is InChI=1S/C21H23ClF3N3O3S/c1-26(2)20(29)16-5-3-4-15(12-16)14-27-8-10-28(11-9-27)32(30,31)19-13-17(21(23,24)25)6-7-18(19)22/h3-7,12-13H,8-11,14H2,1-2H3. The van der Waals surface area contributed by atoms with Crippen molar-refractivity contribution in [2.75, 3.05) is 40.3 Å². The van der Waals surface area contributed by atoms with Crippen LogP contribution in [0.4, 0.5) is 13.2 Å². The molecule has 0 aromatic heterocycles. The molecule has 11 heteroatoms. The highest BCUT2D eigenvalue weighted by atomic mass is 35.5. The van der Waals surface area contributed by atoms with Crippen LogP contribution < -0.4 is 0 Å². The van der Waals surface area contributed by atoms with E-state index < -0.39 is 26.7 Å². The van der Waals surface area contributed by atoms with Crippen molar-refractivity contribution in [2.24, 2.45) is 0 Å². The molecule has 2 aromatic rings. The van der Waals surface area contributed by atoms with Crippen LogP contribution in [0.15, 0.2) is 47.4 Å². The van der Waals surface area contributed by atoms with Crippen molar-refractivity contribution < 1.29 is 26.4 Å². The van der Waals surface area contributed by atoms with Gasteiger partial charge in [-0.05, 0) is 35.9 Å². The van der Waals surface area contributed by atoms with Gasteiger partial charge in [-0.15, -0.1) is 0 Å². The second-order valence-electron chi connectivity index (χ2n) is 7.72. The van der Waals surface area contributed by atoms with Crippen molar-refractivity contribution in [3.63, 3.8) is 0 Å². The smallest absolute Gasteiger partial charge is 0.345 e. The predicted octanol–water partition coefficient (Wildman–Crippen LogP) is 3.57. The lowest BCUT2D eigenvalue weighted by Gasteiger charge is -2.34. The topological polar surface area (TPSA) is 60.9 Å². The number of alkyl halides is 3. The van der Waals surface area contributed by atoms with E-state index in [4.69, 9.17) is 11.6 Å². The molecule has 3 rings (SSSR count). The maximum atomic E-state index is 13.0. The third kappa shape index (κ3) is 5.43. The van der Waals surface area contributed by atoms with Crippen LogP contribution in [0.25, 0.3) is 0 Å². The van der Waals surface area contributed by atoms with E-state index in [1.54, 1.807) is 32.3 Å². The number of piperazine rings is 1. The molecule has 0 spiro atoms. The molecule has 0 N–H and O–H groups in total. The zero-order valence-corrected chi connectivity index (χ0v) is 19.1. The Morgan fingerprint density at radius 2 is 1.72 bits per heavy atom. The molecule has 6 nitrogen and oxygen atoms in total. The molecule has 1 heterocycles. The molecule has 1 amide bonds. The molecule has 32 heavy (non-hydrogen) atoms. The molecule has 1 aliphatic rings. The summed E-state index contributed by atoms with van der Waals surface area (Å²) < 4.78 is 66.1. The van der Waals surface area contributed by atoms with E-state index in [1.807, 2.05) is 11.0 Å². The van der Waals surface area contributed by atoms with Gasteiger partial charge in [0.25, 0.3) is 5.91 Å². The number of nitrogens with zero attached hydrogens (tertiary/aromatic N) is 3. The molecule has 0 radical (unpaired) electrons. The first-order chi connectivity index (χ1) is 14.9. The second-order valence-corrected chi connectivity index (χ2v) is 10.0. The monoisotopic (exact) mass is 489 g/mol. The third-order valence-corrected chi connectivity index (χ3v) is 7.57. The molecule has 1 saturated heterocycles. The van der Waals surface area contributed by atoms with Crippen LogP contribution in [-0.4, -0.2) is 68.7 Å². The molecule has 1 fully saturated rings. The number of amides is 1. The van der Waals surface area contributed by atoms with Gasteiger partial charge < -0.3 is 4.90 Å². The average molecular weight is 490 g/mol. The Balaban J connectivity index is 1.70. The largest absolute Gasteiger partial charge is 0.416 e. The quantitative estimate of drug-likeness (QED) is 0.644. The van der Waals surface area contributed by atoms with E-state index in [9.17, 15) is 26.4 Å². The minimum atomic E-state index is -4.67. The third-order valence-electron chi connectivity index (χ3n) is 5.19. The number of sulfonamides is 1. The first kappa shape index (κ1) is 24.5. The molecule has 0 unspecified atom stereocenters. The van der Waals surface area contributed by atoms with E-state index >= 15 is 0 Å². The molecule has 0 aliphatic carbocycles. The maximum absolute atomic E-state index is 13.0. The van der Waals surface area contributed by atoms with Crippen molar-refractivity contribution in [3.05, 3.63) is 64.2 Å². The van der Waals surface area contributed by atoms with Crippen LogP contribution >= 0.6 is 11.6 Å². The first-order valence-corrected chi connectivity index (χ1v) is 11.6. The molecule has 0 saturated carbocycles. The number of benzene rings is 2. The van der Waals surface area contributed by atoms with E-state index in [0.717, 1.165) is 22.0 Å². The molecule has 0 bridgehead atoms. The van der Waals surface area contributed by atoms with E-state index in [-0.39, 0.29) is 24.0 Å². The summed E-state index contributed by atoms with van der Waals surface area (Å²) in [7, 11) is -0.831. The fourth-order valence-electron chi connectivity index (χ4n) is 3.46. The summed E-state index contributed by atoms with van der Waals surface area (Å²) in [6.07, 6.45) is -4.67. The Kier molecular flexibility index (Phi) is 7.18. The van der Waals surface area contributed by atoms with Crippen LogP contribution in [0.5, 0.6) is 0 Å². The van der Waals surface area contributed by atoms with Crippen molar-refractivity contribution in [2.45, 2.75) is 17.6 Å². The highest BCUT2D eigenvalue weighted by Gasteiger charge is 2.35. The lowest BCUT2D eigenvalue weighted by Crippen LogP contribution is -2.48. The number of rotatable bonds is 5. The van der Waals surface area contributed by atoms with Crippen molar-refractivity contribution in [3.8, 4) is 0 Å². The van der Waals surface area contributed by atoms with Crippen molar-refractivity contribution in [1.29, 1.82) is 0 Å². The van der Waals surface area contributed by atoms with Crippen molar-refractivity contribution >= 4 is 27.5 Å². The molecular weight excluding hydrogens is 467 g/mol. The molecular formula is C21H23ClF3N3O3S. The fraction of sp³-hybridized carbons (Fsp3) is 0.381. The highest BCUT2D eigenvalue weighted by molar-refractivity contribution is 7.89. The Bertz CT molecular complexity index is 1100. The lowest BCUT2D eigenvalue weighted by molar-refractivity contribution is -0.137. The first-order valence-electron chi connectivity index (χ1n) is 9.79. The maximum Gasteiger partial charge on any atom is 0.416 e. The van der Waals surface area contributed by atoms with Crippen LogP contribution in [0.3, 0.4) is 0 Å². The molecule has 0 atom stereocenters. The number of carbonyl (C=O) groups is 1. The van der Waals surface area contributed by atoms with E-state index in [0.29, 0.717) is 31.3 Å². The number of carbonyl (C=O) groups excluding carboxylic acids is 1. The summed E-state index contributed by atoms with van der Waals surface area (Å²) >= 11 is 5.93. The van der Waals surface area contributed by atoms with Gasteiger partial charge in [0.2, 0.25) is 10.0 Å². The zero-order chi connectivity index (χ0) is 23.7. The lowest BCUT2D eigenvalue weighted by atomic mass is 10.1. The van der Waals surface area contributed by atoms with Gasteiger partial charge in [0.05, 0.1) is 10.6 Å². The van der Waals surface area contributed by atoms with Crippen LogP contribution in [0.1, 0.15) is 21.5 Å². The van der Waals surface area contributed by atoms with Gasteiger partial charge in [0, 0.05) is 52.4 Å². The average Bonchev–Trinajstić information content (AvgIpc) is 2.73. The van der Waals surface area contributed by atoms with Gasteiger partial charge in [0.15, 0.2) is 0 Å². The van der Waals surface area contributed by atoms with Gasteiger partial charge in [-0.3, -0.25) is 9.69 Å². The van der Waals surface area contributed by atoms with Crippen LogP contribution in [0.2, 0.25) is 5.02 Å². The second kappa shape index (κ2) is 9.38. The normalized spacial score (nSPS) is 16.2. The fourth-order valence-corrected chi connectivity index (χ4v) is 5.39. The summed E-state index contributed by atoms with van der Waals surface area (Å²) in [5.41, 5.74) is 0.411. The van der Waals surface area contributed by atoms with Crippen LogP contribution in [-0.2, 0) is 22.7 Å². The minimum Gasteiger partial charge on any atom is -0.345 e. The number of halogens is 4. The zero-order valence-electron chi connectivity index (χ0n) is 17.6. The summed E-state index contributed by atoms with van der Waals surface area (Å²) in [4.78, 5) is 15.1. The highest BCUT2D eigenvalue weighted by Crippen LogP contribution is 2.34. The molecule has 1 aliphatic heterocycles. The van der Waals surface area contributed by atoms with E-state index in [2.05, 4.69) is 0 Å². The van der Waals surface area contributed by atoms with Crippen LogP contribution in [0, 0.1) is 0 Å². The SMILES string of the molecule is CN(C)C(=O)c1cccc(CN2CCN(S(=O)(=O)c3cc(C(F)(F)F)ccc3Cl)CC2)c1.